The maximum atomic E-state index is 12.9. The van der Waals surface area contributed by atoms with E-state index in [9.17, 15) is 4.39 Å². The number of halogens is 1. The number of ether oxygens (including phenoxy) is 2. The SMILES string of the molecule is CCCOc1ccc2c(F)c1O2. The van der Waals surface area contributed by atoms with E-state index in [0.29, 0.717) is 18.1 Å². The predicted molar refractivity (Wildman–Crippen MR) is 42.3 cm³/mol. The van der Waals surface area contributed by atoms with Crippen LogP contribution in [0.25, 0.3) is 0 Å². The Morgan fingerprint density at radius 1 is 1.50 bits per heavy atom. The molecule has 0 fully saturated rings. The highest BCUT2D eigenvalue weighted by atomic mass is 19.1. The maximum Gasteiger partial charge on any atom is 0.212 e. The fourth-order valence-corrected chi connectivity index (χ4v) is 1.08. The van der Waals surface area contributed by atoms with Gasteiger partial charge in [-0.25, -0.2) is 0 Å². The summed E-state index contributed by atoms with van der Waals surface area (Å²) < 4.78 is 23.1. The first kappa shape index (κ1) is 7.40. The largest absolute Gasteiger partial charge is 0.490 e. The zero-order valence-electron chi connectivity index (χ0n) is 6.76. The molecule has 1 aromatic carbocycles. The molecule has 2 nitrogen and oxygen atoms in total. The molecule has 2 aliphatic rings. The Bertz CT molecular complexity index is 310. The molecule has 0 saturated carbocycles. The lowest BCUT2D eigenvalue weighted by Gasteiger charge is -2.21. The van der Waals surface area contributed by atoms with Crippen LogP contribution in [-0.2, 0) is 0 Å². The molecule has 0 N–H and O–H groups in total. The van der Waals surface area contributed by atoms with Gasteiger partial charge in [-0.1, -0.05) is 6.92 Å². The second-order valence-corrected chi connectivity index (χ2v) is 2.66. The highest BCUT2D eigenvalue weighted by molar-refractivity contribution is 5.56. The number of benzene rings is 1. The molecule has 3 heteroatoms. The molecule has 0 saturated heterocycles. The van der Waals surface area contributed by atoms with Gasteiger partial charge in [0.15, 0.2) is 11.5 Å². The Balaban J connectivity index is 2.19. The van der Waals surface area contributed by atoms with E-state index >= 15 is 0 Å². The molecule has 2 bridgehead atoms. The lowest BCUT2D eigenvalue weighted by atomic mass is 10.2. The van der Waals surface area contributed by atoms with Gasteiger partial charge < -0.3 is 9.47 Å². The summed E-state index contributed by atoms with van der Waals surface area (Å²) in [5.74, 6) is 0.780. The molecule has 12 heavy (non-hydrogen) atoms. The molecule has 3 rings (SSSR count). The van der Waals surface area contributed by atoms with Crippen LogP contribution in [0.3, 0.4) is 0 Å². The fourth-order valence-electron chi connectivity index (χ4n) is 1.08. The van der Waals surface area contributed by atoms with Crippen LogP contribution in [0.1, 0.15) is 13.3 Å². The molecule has 0 amide bonds. The summed E-state index contributed by atoms with van der Waals surface area (Å²) in [6.07, 6.45) is 0.906. The summed E-state index contributed by atoms with van der Waals surface area (Å²) in [5.41, 5.74) is 0. The van der Waals surface area contributed by atoms with Gasteiger partial charge in [-0.15, -0.1) is 0 Å². The van der Waals surface area contributed by atoms with E-state index < -0.39 is 0 Å². The van der Waals surface area contributed by atoms with Crippen LogP contribution in [-0.4, -0.2) is 6.61 Å². The molecule has 64 valence electrons. The summed E-state index contributed by atoms with van der Waals surface area (Å²) in [4.78, 5) is 0. The van der Waals surface area contributed by atoms with Gasteiger partial charge in [0.1, 0.15) is 0 Å². The van der Waals surface area contributed by atoms with Crippen molar-refractivity contribution in [3.8, 4) is 17.2 Å². The van der Waals surface area contributed by atoms with Crippen molar-refractivity contribution in [2.24, 2.45) is 0 Å². The molecule has 0 aliphatic carbocycles. The van der Waals surface area contributed by atoms with Crippen LogP contribution >= 0.6 is 0 Å². The first-order valence-corrected chi connectivity index (χ1v) is 3.96. The smallest absolute Gasteiger partial charge is 0.212 e. The van der Waals surface area contributed by atoms with Crippen LogP contribution in [0.15, 0.2) is 12.1 Å². The Labute approximate surface area is 69.9 Å². The second-order valence-electron chi connectivity index (χ2n) is 2.66. The van der Waals surface area contributed by atoms with Crippen molar-refractivity contribution >= 4 is 0 Å². The normalized spacial score (nSPS) is 11.8. The molecule has 0 radical (unpaired) electrons. The molecule has 0 atom stereocenters. The van der Waals surface area contributed by atoms with Crippen molar-refractivity contribution < 1.29 is 13.9 Å². The minimum absolute atomic E-state index is 0.251. The van der Waals surface area contributed by atoms with E-state index in [1.807, 2.05) is 6.92 Å². The third-order valence-corrected chi connectivity index (χ3v) is 1.70. The van der Waals surface area contributed by atoms with E-state index in [-0.39, 0.29) is 11.6 Å². The summed E-state index contributed by atoms with van der Waals surface area (Å²) >= 11 is 0. The minimum Gasteiger partial charge on any atom is -0.490 e. The Hall–Kier alpha value is -1.25. The first-order valence-electron chi connectivity index (χ1n) is 3.96. The number of rotatable bonds is 3. The number of fused-ring (bicyclic) bond motifs is 2. The summed E-state index contributed by atoms with van der Waals surface area (Å²) in [6.45, 7) is 2.59. The Morgan fingerprint density at radius 3 is 2.92 bits per heavy atom. The van der Waals surface area contributed by atoms with Gasteiger partial charge in [-0.05, 0) is 18.6 Å². The minimum atomic E-state index is -0.288. The summed E-state index contributed by atoms with van der Waals surface area (Å²) in [7, 11) is 0. The third-order valence-electron chi connectivity index (χ3n) is 1.70. The quantitative estimate of drug-likeness (QED) is 0.701. The monoisotopic (exact) mass is 168 g/mol. The van der Waals surface area contributed by atoms with Gasteiger partial charge in [-0.3, -0.25) is 0 Å². The van der Waals surface area contributed by atoms with E-state index in [1.54, 1.807) is 12.1 Å². The molecule has 2 aliphatic heterocycles. The van der Waals surface area contributed by atoms with Gasteiger partial charge in [-0.2, -0.15) is 4.39 Å². The third kappa shape index (κ3) is 0.932. The van der Waals surface area contributed by atoms with E-state index in [1.165, 1.54) is 0 Å². The highest BCUT2D eigenvalue weighted by Crippen LogP contribution is 2.47. The average molecular weight is 168 g/mol. The molecular weight excluding hydrogens is 159 g/mol. The lowest BCUT2D eigenvalue weighted by Crippen LogP contribution is -2.06. The highest BCUT2D eigenvalue weighted by Gasteiger charge is 2.26. The van der Waals surface area contributed by atoms with E-state index in [4.69, 9.17) is 9.47 Å². The number of hydrogen-bond acceptors (Lipinski definition) is 2. The van der Waals surface area contributed by atoms with Gasteiger partial charge in [0, 0.05) is 0 Å². The first-order chi connectivity index (χ1) is 5.83. The molecule has 0 unspecified atom stereocenters. The van der Waals surface area contributed by atoms with Gasteiger partial charge >= 0.3 is 0 Å². The number of hydrogen-bond donors (Lipinski definition) is 0. The van der Waals surface area contributed by atoms with Crippen molar-refractivity contribution in [3.05, 3.63) is 17.9 Å². The van der Waals surface area contributed by atoms with E-state index in [0.717, 1.165) is 6.42 Å². The molecular formula is C9H9FO2. The van der Waals surface area contributed by atoms with Crippen LogP contribution in [0.5, 0.6) is 17.2 Å². The van der Waals surface area contributed by atoms with Crippen molar-refractivity contribution in [3.63, 3.8) is 0 Å². The molecule has 1 aromatic rings. The van der Waals surface area contributed by atoms with Gasteiger partial charge in [0.25, 0.3) is 0 Å². The predicted octanol–water partition coefficient (Wildman–Crippen LogP) is 2.72. The van der Waals surface area contributed by atoms with E-state index in [2.05, 4.69) is 0 Å². The topological polar surface area (TPSA) is 18.5 Å². The second kappa shape index (κ2) is 2.66. The van der Waals surface area contributed by atoms with Gasteiger partial charge in [0.2, 0.25) is 11.6 Å². The van der Waals surface area contributed by atoms with Crippen molar-refractivity contribution in [2.75, 3.05) is 6.61 Å². The van der Waals surface area contributed by atoms with Crippen LogP contribution in [0, 0.1) is 5.82 Å². The van der Waals surface area contributed by atoms with Crippen molar-refractivity contribution in [1.82, 2.24) is 0 Å². The van der Waals surface area contributed by atoms with Crippen LogP contribution in [0.4, 0.5) is 4.39 Å². The lowest BCUT2D eigenvalue weighted by molar-refractivity contribution is 0.272. The van der Waals surface area contributed by atoms with Crippen LogP contribution in [0.2, 0.25) is 0 Å². The zero-order chi connectivity index (χ0) is 8.55. The Morgan fingerprint density at radius 2 is 2.33 bits per heavy atom. The summed E-state index contributed by atoms with van der Waals surface area (Å²) in [6, 6.07) is 3.31. The molecule has 0 spiro atoms. The Kier molecular flexibility index (Phi) is 1.64. The van der Waals surface area contributed by atoms with Gasteiger partial charge in [0.05, 0.1) is 6.61 Å². The summed E-state index contributed by atoms with van der Waals surface area (Å²) in [5, 5.41) is 0. The average Bonchev–Trinajstić information content (AvgIpc) is 2.14. The zero-order valence-corrected chi connectivity index (χ0v) is 6.76. The van der Waals surface area contributed by atoms with Crippen molar-refractivity contribution in [1.29, 1.82) is 0 Å². The van der Waals surface area contributed by atoms with Crippen molar-refractivity contribution in [2.45, 2.75) is 13.3 Å². The maximum absolute atomic E-state index is 12.9. The fraction of sp³-hybridized carbons (Fsp3) is 0.333. The molecule has 0 aromatic heterocycles. The molecule has 2 heterocycles. The van der Waals surface area contributed by atoms with Crippen LogP contribution < -0.4 is 9.47 Å². The standard InChI is InChI=1S/C9H9FO2/c1-2-5-11-7-4-3-6-8(10)9(7)12-6/h3-4H,2,5H2,1H3.